The number of rotatable bonds is 4. The van der Waals surface area contributed by atoms with Gasteiger partial charge in [-0.2, -0.15) is 0 Å². The summed E-state index contributed by atoms with van der Waals surface area (Å²) < 4.78 is 19.1. The summed E-state index contributed by atoms with van der Waals surface area (Å²) in [4.78, 5) is 0.760. The second-order valence-electron chi connectivity index (χ2n) is 4.09. The summed E-state index contributed by atoms with van der Waals surface area (Å²) in [6.45, 7) is 3.56. The van der Waals surface area contributed by atoms with Crippen molar-refractivity contribution in [3.8, 4) is 0 Å². The van der Waals surface area contributed by atoms with Gasteiger partial charge in [-0.1, -0.05) is 6.07 Å². The average molecular weight is 267 g/mol. The number of benzene rings is 1. The van der Waals surface area contributed by atoms with Gasteiger partial charge < -0.3 is 10.2 Å². The molecule has 18 heavy (non-hydrogen) atoms. The molecule has 2 rings (SSSR count). The minimum atomic E-state index is -0.256. The molecular weight excluding hydrogens is 253 g/mol. The van der Waals surface area contributed by atoms with Gasteiger partial charge in [-0.25, -0.2) is 4.39 Å². The second-order valence-corrected chi connectivity index (χ2v) is 5.08. The van der Waals surface area contributed by atoms with Crippen molar-refractivity contribution in [3.63, 3.8) is 0 Å². The third-order valence-corrected chi connectivity index (χ3v) is 3.25. The van der Waals surface area contributed by atoms with Gasteiger partial charge in [0.2, 0.25) is 5.89 Å². The van der Waals surface area contributed by atoms with E-state index in [0.29, 0.717) is 23.1 Å². The molecule has 0 spiro atoms. The molecule has 1 atom stereocenters. The highest BCUT2D eigenvalue weighted by Gasteiger charge is 2.14. The fourth-order valence-electron chi connectivity index (χ4n) is 1.57. The maximum atomic E-state index is 13.8. The van der Waals surface area contributed by atoms with E-state index in [2.05, 4.69) is 10.2 Å². The fraction of sp³-hybridized carbons (Fsp3) is 0.333. The lowest BCUT2D eigenvalue weighted by Gasteiger charge is -2.10. The summed E-state index contributed by atoms with van der Waals surface area (Å²) in [5.41, 5.74) is 6.32. The van der Waals surface area contributed by atoms with E-state index in [1.165, 1.54) is 17.8 Å². The second kappa shape index (κ2) is 5.49. The van der Waals surface area contributed by atoms with Crippen molar-refractivity contribution in [2.45, 2.75) is 36.4 Å². The minimum absolute atomic E-state index is 0.106. The highest BCUT2D eigenvalue weighted by Crippen LogP contribution is 2.31. The molecule has 0 radical (unpaired) electrons. The zero-order chi connectivity index (χ0) is 13.1. The van der Waals surface area contributed by atoms with Gasteiger partial charge in [0.1, 0.15) is 5.82 Å². The molecule has 1 unspecified atom stereocenters. The zero-order valence-electron chi connectivity index (χ0n) is 10.2. The molecule has 0 aliphatic carbocycles. The van der Waals surface area contributed by atoms with Crippen LogP contribution in [0, 0.1) is 12.7 Å². The standard InChI is InChI=1S/C12H14FN3OS/c1-7(14)6-9-10(13)4-3-5-11(9)18-12-16-15-8(2)17-12/h3-5,7H,6,14H2,1-2H3. The Labute approximate surface area is 109 Å². The van der Waals surface area contributed by atoms with Crippen LogP contribution in [0.1, 0.15) is 18.4 Å². The topological polar surface area (TPSA) is 64.9 Å². The Morgan fingerprint density at radius 1 is 1.44 bits per heavy atom. The summed E-state index contributed by atoms with van der Waals surface area (Å²) in [6.07, 6.45) is 0.474. The Hall–Kier alpha value is -1.40. The lowest BCUT2D eigenvalue weighted by molar-refractivity contribution is 0.429. The number of halogens is 1. The lowest BCUT2D eigenvalue weighted by atomic mass is 10.1. The monoisotopic (exact) mass is 267 g/mol. The maximum Gasteiger partial charge on any atom is 0.281 e. The van der Waals surface area contributed by atoms with Crippen LogP contribution < -0.4 is 5.73 Å². The number of nitrogens with zero attached hydrogens (tertiary/aromatic N) is 2. The first kappa shape index (κ1) is 13.0. The van der Waals surface area contributed by atoms with Crippen molar-refractivity contribution >= 4 is 11.8 Å². The Balaban J connectivity index is 2.29. The first-order valence-electron chi connectivity index (χ1n) is 5.57. The van der Waals surface area contributed by atoms with Gasteiger partial charge in [0.25, 0.3) is 5.22 Å². The Kier molecular flexibility index (Phi) is 3.98. The van der Waals surface area contributed by atoms with E-state index in [1.54, 1.807) is 13.0 Å². The highest BCUT2D eigenvalue weighted by atomic mass is 32.2. The van der Waals surface area contributed by atoms with Crippen molar-refractivity contribution in [1.29, 1.82) is 0 Å². The molecule has 0 bridgehead atoms. The first-order valence-corrected chi connectivity index (χ1v) is 6.39. The SMILES string of the molecule is Cc1nnc(Sc2cccc(F)c2CC(C)N)o1. The van der Waals surface area contributed by atoms with Gasteiger partial charge in [-0.15, -0.1) is 10.2 Å². The van der Waals surface area contributed by atoms with Crippen LogP contribution in [0.4, 0.5) is 4.39 Å². The largest absolute Gasteiger partial charge is 0.416 e. The summed E-state index contributed by atoms with van der Waals surface area (Å²) in [6, 6.07) is 4.81. The zero-order valence-corrected chi connectivity index (χ0v) is 11.0. The number of hydrogen-bond acceptors (Lipinski definition) is 5. The van der Waals surface area contributed by atoms with Gasteiger partial charge in [-0.3, -0.25) is 0 Å². The Morgan fingerprint density at radius 2 is 2.22 bits per heavy atom. The molecule has 0 aliphatic rings. The molecule has 0 saturated heterocycles. The number of nitrogens with two attached hydrogens (primary N) is 1. The van der Waals surface area contributed by atoms with Crippen LogP contribution in [-0.4, -0.2) is 16.2 Å². The molecule has 0 amide bonds. The van der Waals surface area contributed by atoms with Crippen molar-refractivity contribution in [2.24, 2.45) is 5.73 Å². The van der Waals surface area contributed by atoms with Crippen LogP contribution in [0.5, 0.6) is 0 Å². The molecule has 0 aliphatic heterocycles. The maximum absolute atomic E-state index is 13.8. The molecule has 1 aromatic heterocycles. The van der Waals surface area contributed by atoms with Crippen molar-refractivity contribution < 1.29 is 8.81 Å². The number of aromatic nitrogens is 2. The Bertz CT molecular complexity index is 542. The predicted octanol–water partition coefficient (Wildman–Crippen LogP) is 2.56. The minimum Gasteiger partial charge on any atom is -0.416 e. The van der Waals surface area contributed by atoms with Crippen molar-refractivity contribution in [3.05, 3.63) is 35.5 Å². The summed E-state index contributed by atoms with van der Waals surface area (Å²) in [5.74, 6) is 0.233. The molecule has 2 N–H and O–H groups in total. The average Bonchev–Trinajstić information content (AvgIpc) is 2.69. The molecule has 1 aromatic carbocycles. The quantitative estimate of drug-likeness (QED) is 0.922. The molecule has 1 heterocycles. The summed E-state index contributed by atoms with van der Waals surface area (Å²) in [7, 11) is 0. The molecule has 2 aromatic rings. The molecule has 96 valence electrons. The summed E-state index contributed by atoms with van der Waals surface area (Å²) in [5, 5.41) is 8.03. The van der Waals surface area contributed by atoms with Crippen LogP contribution in [0.15, 0.2) is 32.7 Å². The molecule has 6 heteroatoms. The van der Waals surface area contributed by atoms with Crippen molar-refractivity contribution in [1.82, 2.24) is 10.2 Å². The van der Waals surface area contributed by atoms with Gasteiger partial charge >= 0.3 is 0 Å². The van der Waals surface area contributed by atoms with Gasteiger partial charge in [0.15, 0.2) is 0 Å². The predicted molar refractivity (Wildman–Crippen MR) is 66.9 cm³/mol. The fourth-order valence-corrected chi connectivity index (χ4v) is 2.45. The lowest BCUT2D eigenvalue weighted by Crippen LogP contribution is -2.19. The van der Waals surface area contributed by atoms with Crippen LogP contribution in [-0.2, 0) is 6.42 Å². The third-order valence-electron chi connectivity index (χ3n) is 2.31. The van der Waals surface area contributed by atoms with Crippen LogP contribution in [0.25, 0.3) is 0 Å². The molecule has 0 fully saturated rings. The van der Waals surface area contributed by atoms with Crippen LogP contribution in [0.3, 0.4) is 0 Å². The first-order chi connectivity index (χ1) is 8.56. The normalized spacial score (nSPS) is 12.7. The molecule has 0 saturated carbocycles. The summed E-state index contributed by atoms with van der Waals surface area (Å²) >= 11 is 1.26. The Morgan fingerprint density at radius 3 is 2.83 bits per heavy atom. The van der Waals surface area contributed by atoms with E-state index < -0.39 is 0 Å². The molecule has 4 nitrogen and oxygen atoms in total. The van der Waals surface area contributed by atoms with Gasteiger partial charge in [0, 0.05) is 23.4 Å². The van der Waals surface area contributed by atoms with E-state index in [4.69, 9.17) is 10.2 Å². The van der Waals surface area contributed by atoms with E-state index in [0.717, 1.165) is 4.90 Å². The highest BCUT2D eigenvalue weighted by molar-refractivity contribution is 7.99. The smallest absolute Gasteiger partial charge is 0.281 e. The van der Waals surface area contributed by atoms with E-state index in [9.17, 15) is 4.39 Å². The number of hydrogen-bond donors (Lipinski definition) is 1. The number of aryl methyl sites for hydroxylation is 1. The van der Waals surface area contributed by atoms with E-state index >= 15 is 0 Å². The third kappa shape index (κ3) is 3.08. The molecular formula is C12H14FN3OS. The van der Waals surface area contributed by atoms with Gasteiger partial charge in [-0.05, 0) is 37.2 Å². The van der Waals surface area contributed by atoms with E-state index in [-0.39, 0.29) is 11.9 Å². The van der Waals surface area contributed by atoms with Crippen LogP contribution >= 0.6 is 11.8 Å². The van der Waals surface area contributed by atoms with Crippen LogP contribution in [0.2, 0.25) is 0 Å². The van der Waals surface area contributed by atoms with Gasteiger partial charge in [0.05, 0.1) is 0 Å². The van der Waals surface area contributed by atoms with Crippen molar-refractivity contribution in [2.75, 3.05) is 0 Å². The van der Waals surface area contributed by atoms with E-state index in [1.807, 2.05) is 13.0 Å².